The highest BCUT2D eigenvalue weighted by Crippen LogP contribution is 2.34. The van der Waals surface area contributed by atoms with Crippen molar-refractivity contribution in [3.05, 3.63) is 41.0 Å². The van der Waals surface area contributed by atoms with Gasteiger partial charge >= 0.3 is 0 Å². The second kappa shape index (κ2) is 6.55. The van der Waals surface area contributed by atoms with Gasteiger partial charge in [-0.2, -0.15) is 0 Å². The molecule has 0 bridgehead atoms. The van der Waals surface area contributed by atoms with Crippen molar-refractivity contribution in [1.29, 1.82) is 0 Å². The van der Waals surface area contributed by atoms with E-state index < -0.39 is 0 Å². The van der Waals surface area contributed by atoms with Crippen molar-refractivity contribution >= 4 is 5.91 Å². The SMILES string of the molecule is COC[C@@H]1CN(C(=O)c2ccc(C)nc2)Cc2nnn(CC3CC3)c21. The Balaban J connectivity index is 1.59. The standard InChI is InChI=1S/C18H23N5O2/c1-12-3-6-14(7-19-12)18(24)22-9-15(11-25-2)17-16(10-22)20-21-23(17)8-13-4-5-13/h3,6-7,13,15H,4-5,8-11H2,1-2H3/t15-/m0/s1. The monoisotopic (exact) mass is 341 g/mol. The van der Waals surface area contributed by atoms with E-state index in [1.165, 1.54) is 12.8 Å². The fourth-order valence-electron chi connectivity index (χ4n) is 3.46. The van der Waals surface area contributed by atoms with Gasteiger partial charge in [0.05, 0.1) is 24.4 Å². The summed E-state index contributed by atoms with van der Waals surface area (Å²) in [5.74, 6) is 0.813. The van der Waals surface area contributed by atoms with E-state index in [0.29, 0.717) is 25.3 Å². The summed E-state index contributed by atoms with van der Waals surface area (Å²) in [6, 6.07) is 3.69. The van der Waals surface area contributed by atoms with E-state index in [-0.39, 0.29) is 11.8 Å². The Morgan fingerprint density at radius 3 is 2.88 bits per heavy atom. The van der Waals surface area contributed by atoms with Gasteiger partial charge in [0, 0.05) is 38.0 Å². The summed E-state index contributed by atoms with van der Waals surface area (Å²) in [6.45, 7) is 4.51. The van der Waals surface area contributed by atoms with E-state index in [1.807, 2.05) is 28.6 Å². The van der Waals surface area contributed by atoms with Crippen molar-refractivity contribution in [3.63, 3.8) is 0 Å². The number of hydrogen-bond acceptors (Lipinski definition) is 5. The van der Waals surface area contributed by atoms with Crippen molar-refractivity contribution < 1.29 is 9.53 Å². The molecule has 2 aromatic heterocycles. The highest BCUT2D eigenvalue weighted by Gasteiger charge is 2.34. The predicted molar refractivity (Wildman–Crippen MR) is 91.1 cm³/mol. The van der Waals surface area contributed by atoms with E-state index in [4.69, 9.17) is 4.74 Å². The van der Waals surface area contributed by atoms with Gasteiger partial charge in [-0.05, 0) is 37.8 Å². The first-order valence-electron chi connectivity index (χ1n) is 8.79. The lowest BCUT2D eigenvalue weighted by molar-refractivity contribution is 0.0672. The minimum atomic E-state index is -0.0176. The van der Waals surface area contributed by atoms with Crippen LogP contribution in [0.5, 0.6) is 0 Å². The second-order valence-corrected chi connectivity index (χ2v) is 7.07. The average molecular weight is 341 g/mol. The summed E-state index contributed by atoms with van der Waals surface area (Å²) < 4.78 is 7.45. The molecule has 1 atom stereocenters. The van der Waals surface area contributed by atoms with Crippen molar-refractivity contribution in [1.82, 2.24) is 24.9 Å². The molecule has 1 saturated carbocycles. The van der Waals surface area contributed by atoms with Crippen LogP contribution in [0.15, 0.2) is 18.3 Å². The summed E-state index contributed by atoms with van der Waals surface area (Å²) in [6.07, 6.45) is 4.19. The average Bonchev–Trinajstić information content (AvgIpc) is 3.34. The zero-order valence-electron chi connectivity index (χ0n) is 14.7. The number of amides is 1. The number of aromatic nitrogens is 4. The number of ether oxygens (including phenoxy) is 1. The van der Waals surface area contributed by atoms with Crippen molar-refractivity contribution in [3.8, 4) is 0 Å². The van der Waals surface area contributed by atoms with E-state index in [0.717, 1.165) is 29.5 Å². The van der Waals surface area contributed by atoms with E-state index in [2.05, 4.69) is 15.3 Å². The molecule has 1 aliphatic carbocycles. The van der Waals surface area contributed by atoms with Crippen molar-refractivity contribution in [2.45, 2.75) is 38.8 Å². The number of hydrogen-bond donors (Lipinski definition) is 0. The lowest BCUT2D eigenvalue weighted by Crippen LogP contribution is -2.40. The first-order chi connectivity index (χ1) is 12.2. The van der Waals surface area contributed by atoms with Gasteiger partial charge in [0.15, 0.2) is 0 Å². The van der Waals surface area contributed by atoms with Crippen molar-refractivity contribution in [2.75, 3.05) is 20.3 Å². The van der Waals surface area contributed by atoms with Crippen LogP contribution in [0.1, 0.15) is 46.2 Å². The minimum absolute atomic E-state index is 0.0176. The Morgan fingerprint density at radius 1 is 1.36 bits per heavy atom. The number of nitrogens with zero attached hydrogens (tertiary/aromatic N) is 5. The first-order valence-corrected chi connectivity index (χ1v) is 8.79. The number of methoxy groups -OCH3 is 1. The summed E-state index contributed by atoms with van der Waals surface area (Å²) >= 11 is 0. The Kier molecular flexibility index (Phi) is 4.25. The number of fused-ring (bicyclic) bond motifs is 1. The van der Waals surface area contributed by atoms with Gasteiger partial charge in [0.25, 0.3) is 5.91 Å². The van der Waals surface area contributed by atoms with Crippen LogP contribution in [0, 0.1) is 12.8 Å². The smallest absolute Gasteiger partial charge is 0.255 e. The Morgan fingerprint density at radius 2 is 2.20 bits per heavy atom. The van der Waals surface area contributed by atoms with Crippen LogP contribution in [-0.2, 0) is 17.8 Å². The van der Waals surface area contributed by atoms with Gasteiger partial charge in [-0.15, -0.1) is 5.10 Å². The first kappa shape index (κ1) is 16.2. The third-order valence-electron chi connectivity index (χ3n) is 4.96. The normalized spacial score (nSPS) is 19.8. The maximum atomic E-state index is 12.9. The molecule has 0 unspecified atom stereocenters. The van der Waals surface area contributed by atoms with Crippen molar-refractivity contribution in [2.24, 2.45) is 5.92 Å². The molecule has 0 radical (unpaired) electrons. The van der Waals surface area contributed by atoms with E-state index in [1.54, 1.807) is 13.3 Å². The molecule has 0 aromatic carbocycles. The lowest BCUT2D eigenvalue weighted by atomic mass is 9.98. The topological polar surface area (TPSA) is 73.1 Å². The highest BCUT2D eigenvalue weighted by molar-refractivity contribution is 5.94. The molecule has 7 nitrogen and oxygen atoms in total. The number of aryl methyl sites for hydroxylation is 1. The Hall–Kier alpha value is -2.28. The number of pyridine rings is 1. The molecular formula is C18H23N5O2. The second-order valence-electron chi connectivity index (χ2n) is 7.07. The zero-order valence-corrected chi connectivity index (χ0v) is 14.7. The number of carbonyl (C=O) groups excluding carboxylic acids is 1. The molecule has 0 N–H and O–H groups in total. The maximum Gasteiger partial charge on any atom is 0.255 e. The Bertz CT molecular complexity index is 766. The molecule has 4 rings (SSSR count). The van der Waals surface area contributed by atoms with Crippen LogP contribution in [0.4, 0.5) is 0 Å². The predicted octanol–water partition coefficient (Wildman–Crippen LogP) is 1.78. The molecule has 7 heteroatoms. The lowest BCUT2D eigenvalue weighted by Gasteiger charge is -2.32. The highest BCUT2D eigenvalue weighted by atomic mass is 16.5. The van der Waals surface area contributed by atoms with E-state index in [9.17, 15) is 4.79 Å². The van der Waals surface area contributed by atoms with Gasteiger partial charge < -0.3 is 9.64 Å². The summed E-state index contributed by atoms with van der Waals surface area (Å²) in [4.78, 5) is 18.9. The summed E-state index contributed by atoms with van der Waals surface area (Å²) in [5.41, 5.74) is 3.54. The molecule has 1 amide bonds. The molecule has 1 aliphatic heterocycles. The van der Waals surface area contributed by atoms with Crippen LogP contribution in [0.2, 0.25) is 0 Å². The number of carbonyl (C=O) groups is 1. The maximum absolute atomic E-state index is 12.9. The fraction of sp³-hybridized carbons (Fsp3) is 0.556. The molecule has 1 fully saturated rings. The molecule has 3 heterocycles. The molecule has 132 valence electrons. The van der Waals surface area contributed by atoms with Crippen LogP contribution < -0.4 is 0 Å². The molecule has 25 heavy (non-hydrogen) atoms. The Labute approximate surface area is 147 Å². The largest absolute Gasteiger partial charge is 0.384 e. The van der Waals surface area contributed by atoms with Crippen LogP contribution in [-0.4, -0.2) is 51.0 Å². The van der Waals surface area contributed by atoms with E-state index >= 15 is 0 Å². The zero-order chi connectivity index (χ0) is 17.4. The van der Waals surface area contributed by atoms with Gasteiger partial charge in [-0.1, -0.05) is 5.21 Å². The minimum Gasteiger partial charge on any atom is -0.384 e. The molecule has 2 aliphatic rings. The van der Waals surface area contributed by atoms with Gasteiger partial charge in [0.2, 0.25) is 0 Å². The van der Waals surface area contributed by atoms with Crippen LogP contribution in [0.25, 0.3) is 0 Å². The third-order valence-corrected chi connectivity index (χ3v) is 4.96. The van der Waals surface area contributed by atoms with Crippen LogP contribution in [0.3, 0.4) is 0 Å². The quantitative estimate of drug-likeness (QED) is 0.829. The van der Waals surface area contributed by atoms with Gasteiger partial charge in [-0.3, -0.25) is 9.78 Å². The fourth-order valence-corrected chi connectivity index (χ4v) is 3.46. The van der Waals surface area contributed by atoms with Crippen LogP contribution >= 0.6 is 0 Å². The summed E-state index contributed by atoms with van der Waals surface area (Å²) in [5, 5.41) is 8.71. The van der Waals surface area contributed by atoms with Gasteiger partial charge in [0.1, 0.15) is 5.69 Å². The molecule has 0 spiro atoms. The molecular weight excluding hydrogens is 318 g/mol. The third kappa shape index (κ3) is 3.28. The van der Waals surface area contributed by atoms with Gasteiger partial charge in [-0.25, -0.2) is 4.68 Å². The number of rotatable bonds is 5. The summed E-state index contributed by atoms with van der Waals surface area (Å²) in [7, 11) is 1.69. The molecule has 2 aromatic rings. The molecule has 0 saturated heterocycles.